The summed E-state index contributed by atoms with van der Waals surface area (Å²) < 4.78 is 16.2. The van der Waals surface area contributed by atoms with Crippen LogP contribution in [0.25, 0.3) is 0 Å². The van der Waals surface area contributed by atoms with Crippen molar-refractivity contribution in [3.63, 3.8) is 0 Å². The lowest BCUT2D eigenvalue weighted by molar-refractivity contribution is 0.0974. The Hall–Kier alpha value is -2.40. The molecule has 0 spiro atoms. The number of hydrogen-bond acceptors (Lipinski definition) is 2. The minimum Gasteiger partial charge on any atom is -0.304 e. The van der Waals surface area contributed by atoms with Crippen LogP contribution in [-0.2, 0) is 13.0 Å². The summed E-state index contributed by atoms with van der Waals surface area (Å²) in [7, 11) is 0. The van der Waals surface area contributed by atoms with Crippen LogP contribution in [0.2, 0.25) is 5.02 Å². The standard InChI is InChI=1S/C20H21ClFN3O/c1-4-7-14(5-2)12-25-13(3)15-10-11-24(20(26)19(15)23-25)17-9-6-8-16(21)18(17)22/h4,6-9H,1,5,10-12H2,2-3H3/b14-7+. The van der Waals surface area contributed by atoms with Gasteiger partial charge in [-0.25, -0.2) is 4.39 Å². The zero-order valence-corrected chi connectivity index (χ0v) is 15.7. The van der Waals surface area contributed by atoms with Crippen molar-refractivity contribution in [3.05, 3.63) is 70.3 Å². The van der Waals surface area contributed by atoms with Crippen LogP contribution in [0.5, 0.6) is 0 Å². The summed E-state index contributed by atoms with van der Waals surface area (Å²) in [6.07, 6.45) is 5.23. The first-order valence-electron chi connectivity index (χ1n) is 8.60. The Morgan fingerprint density at radius 1 is 1.46 bits per heavy atom. The number of aromatic nitrogens is 2. The molecule has 0 saturated heterocycles. The first-order chi connectivity index (χ1) is 12.5. The Morgan fingerprint density at radius 3 is 2.92 bits per heavy atom. The first kappa shape index (κ1) is 18.4. The zero-order valence-electron chi connectivity index (χ0n) is 14.9. The first-order valence-corrected chi connectivity index (χ1v) is 8.98. The van der Waals surface area contributed by atoms with Crippen molar-refractivity contribution < 1.29 is 9.18 Å². The number of carbonyl (C=O) groups is 1. The summed E-state index contributed by atoms with van der Waals surface area (Å²) in [6.45, 7) is 8.79. The van der Waals surface area contributed by atoms with Gasteiger partial charge >= 0.3 is 0 Å². The average Bonchev–Trinajstić information content (AvgIpc) is 2.95. The monoisotopic (exact) mass is 373 g/mol. The summed E-state index contributed by atoms with van der Waals surface area (Å²) in [4.78, 5) is 14.4. The van der Waals surface area contributed by atoms with E-state index in [2.05, 4.69) is 18.6 Å². The van der Waals surface area contributed by atoms with Crippen molar-refractivity contribution in [2.24, 2.45) is 0 Å². The highest BCUT2D eigenvalue weighted by molar-refractivity contribution is 6.31. The molecule has 26 heavy (non-hydrogen) atoms. The maximum absolute atomic E-state index is 14.4. The average molecular weight is 374 g/mol. The molecule has 1 aliphatic rings. The Morgan fingerprint density at radius 2 is 2.23 bits per heavy atom. The van der Waals surface area contributed by atoms with E-state index in [1.54, 1.807) is 18.2 Å². The number of allylic oxidation sites excluding steroid dienone is 3. The van der Waals surface area contributed by atoms with Gasteiger partial charge in [-0.2, -0.15) is 5.10 Å². The number of anilines is 1. The van der Waals surface area contributed by atoms with Crippen molar-refractivity contribution in [1.29, 1.82) is 0 Å². The smallest absolute Gasteiger partial charge is 0.279 e. The summed E-state index contributed by atoms with van der Waals surface area (Å²) in [5.41, 5.74) is 3.67. The van der Waals surface area contributed by atoms with Crippen LogP contribution >= 0.6 is 11.6 Å². The van der Waals surface area contributed by atoms with E-state index >= 15 is 0 Å². The summed E-state index contributed by atoms with van der Waals surface area (Å²) in [5.74, 6) is -0.871. The quantitative estimate of drug-likeness (QED) is 0.712. The van der Waals surface area contributed by atoms with E-state index in [9.17, 15) is 9.18 Å². The molecule has 2 aromatic rings. The van der Waals surface area contributed by atoms with Gasteiger partial charge in [-0.05, 0) is 37.5 Å². The van der Waals surface area contributed by atoms with Crippen LogP contribution in [-0.4, -0.2) is 22.2 Å². The van der Waals surface area contributed by atoms with E-state index < -0.39 is 5.82 Å². The van der Waals surface area contributed by atoms with Crippen LogP contribution < -0.4 is 4.90 Å². The van der Waals surface area contributed by atoms with Gasteiger partial charge in [0.15, 0.2) is 11.5 Å². The molecule has 3 rings (SSSR count). The number of hydrogen-bond donors (Lipinski definition) is 0. The van der Waals surface area contributed by atoms with Crippen molar-refractivity contribution in [1.82, 2.24) is 9.78 Å². The van der Waals surface area contributed by atoms with E-state index in [0.29, 0.717) is 25.2 Å². The van der Waals surface area contributed by atoms with E-state index in [1.807, 2.05) is 17.7 Å². The predicted molar refractivity (Wildman–Crippen MR) is 102 cm³/mol. The molecule has 0 radical (unpaired) electrons. The molecule has 0 atom stereocenters. The maximum Gasteiger partial charge on any atom is 0.279 e. The van der Waals surface area contributed by atoms with Gasteiger partial charge in [-0.1, -0.05) is 43.3 Å². The van der Waals surface area contributed by atoms with Crippen molar-refractivity contribution in [3.8, 4) is 0 Å². The van der Waals surface area contributed by atoms with E-state index in [4.69, 9.17) is 11.6 Å². The molecule has 2 heterocycles. The summed E-state index contributed by atoms with van der Waals surface area (Å²) in [5, 5.41) is 4.53. The molecule has 0 unspecified atom stereocenters. The predicted octanol–water partition coefficient (Wildman–Crippen LogP) is 4.71. The second-order valence-corrected chi connectivity index (χ2v) is 6.67. The lowest BCUT2D eigenvalue weighted by Crippen LogP contribution is -2.38. The third-order valence-electron chi connectivity index (χ3n) is 4.75. The van der Waals surface area contributed by atoms with Crippen molar-refractivity contribution in [2.45, 2.75) is 33.2 Å². The van der Waals surface area contributed by atoms with Gasteiger partial charge in [-0.3, -0.25) is 9.48 Å². The second-order valence-electron chi connectivity index (χ2n) is 6.26. The second kappa shape index (κ2) is 7.46. The number of carbonyl (C=O) groups excluding carboxylic acids is 1. The Balaban J connectivity index is 1.96. The Labute approximate surface area is 157 Å². The molecular formula is C20H21ClFN3O. The Kier molecular flexibility index (Phi) is 5.28. The molecule has 1 aromatic carbocycles. The van der Waals surface area contributed by atoms with E-state index in [-0.39, 0.29) is 16.6 Å². The fourth-order valence-electron chi connectivity index (χ4n) is 3.23. The van der Waals surface area contributed by atoms with Gasteiger partial charge in [0.05, 0.1) is 17.3 Å². The number of benzene rings is 1. The minimum atomic E-state index is -0.579. The molecule has 136 valence electrons. The largest absolute Gasteiger partial charge is 0.304 e. The molecule has 1 aliphatic heterocycles. The third kappa shape index (κ3) is 3.19. The molecule has 0 bridgehead atoms. The normalized spacial score (nSPS) is 14.5. The molecule has 1 amide bonds. The van der Waals surface area contributed by atoms with Gasteiger partial charge in [0, 0.05) is 17.8 Å². The van der Waals surface area contributed by atoms with Crippen LogP contribution in [0.3, 0.4) is 0 Å². The number of halogens is 2. The zero-order chi connectivity index (χ0) is 18.8. The number of nitrogens with zero attached hydrogens (tertiary/aromatic N) is 3. The topological polar surface area (TPSA) is 38.1 Å². The lowest BCUT2D eigenvalue weighted by Gasteiger charge is -2.26. The summed E-state index contributed by atoms with van der Waals surface area (Å²) in [6, 6.07) is 4.67. The van der Waals surface area contributed by atoms with Crippen LogP contribution in [0.4, 0.5) is 10.1 Å². The highest BCUT2D eigenvalue weighted by atomic mass is 35.5. The number of fused-ring (bicyclic) bond motifs is 1. The number of rotatable bonds is 5. The van der Waals surface area contributed by atoms with Crippen LogP contribution in [0.1, 0.15) is 35.1 Å². The van der Waals surface area contributed by atoms with Crippen molar-refractivity contribution in [2.75, 3.05) is 11.4 Å². The highest BCUT2D eigenvalue weighted by Crippen LogP contribution is 2.30. The fraction of sp³-hybridized carbons (Fsp3) is 0.300. The molecular weight excluding hydrogens is 353 g/mol. The minimum absolute atomic E-state index is 0.00459. The molecule has 0 N–H and O–H groups in total. The van der Waals surface area contributed by atoms with Gasteiger partial charge in [0.25, 0.3) is 5.91 Å². The van der Waals surface area contributed by atoms with E-state index in [1.165, 1.54) is 16.5 Å². The molecule has 0 aliphatic carbocycles. The maximum atomic E-state index is 14.4. The van der Waals surface area contributed by atoms with Crippen molar-refractivity contribution >= 4 is 23.2 Å². The van der Waals surface area contributed by atoms with Gasteiger partial charge < -0.3 is 4.90 Å². The van der Waals surface area contributed by atoms with Gasteiger partial charge in [-0.15, -0.1) is 0 Å². The lowest BCUT2D eigenvalue weighted by atomic mass is 10.0. The highest BCUT2D eigenvalue weighted by Gasteiger charge is 2.32. The van der Waals surface area contributed by atoms with Crippen LogP contribution in [0.15, 0.2) is 42.5 Å². The van der Waals surface area contributed by atoms with E-state index in [0.717, 1.165) is 17.7 Å². The van der Waals surface area contributed by atoms with Gasteiger partial charge in [0.2, 0.25) is 0 Å². The SMILES string of the molecule is C=C/C=C(\CC)Cn1nc2c(c1C)CCN(c1cccc(Cl)c1F)C2=O. The Bertz CT molecular complexity index is 901. The molecule has 1 aromatic heterocycles. The van der Waals surface area contributed by atoms with Gasteiger partial charge in [0.1, 0.15) is 0 Å². The number of amides is 1. The molecule has 6 heteroatoms. The fourth-order valence-corrected chi connectivity index (χ4v) is 3.40. The summed E-state index contributed by atoms with van der Waals surface area (Å²) >= 11 is 5.87. The van der Waals surface area contributed by atoms with Crippen LogP contribution in [0, 0.1) is 12.7 Å². The molecule has 4 nitrogen and oxygen atoms in total. The molecule has 0 saturated carbocycles. The third-order valence-corrected chi connectivity index (χ3v) is 5.04. The molecule has 0 fully saturated rings.